The highest BCUT2D eigenvalue weighted by Gasteiger charge is 2.20. The smallest absolute Gasteiger partial charge is 0.277 e. The van der Waals surface area contributed by atoms with Gasteiger partial charge in [-0.05, 0) is 6.07 Å². The Morgan fingerprint density at radius 3 is 2.86 bits per heavy atom. The molecule has 108 valence electrons. The monoisotopic (exact) mass is 304 g/mol. The molecule has 21 heavy (non-hydrogen) atoms. The molecular weight excluding hydrogens is 292 g/mol. The van der Waals surface area contributed by atoms with Crippen molar-refractivity contribution >= 4 is 28.6 Å². The van der Waals surface area contributed by atoms with Gasteiger partial charge in [0.2, 0.25) is 5.89 Å². The molecule has 7 nitrogen and oxygen atoms in total. The Morgan fingerprint density at radius 2 is 2.14 bits per heavy atom. The van der Waals surface area contributed by atoms with Crippen molar-refractivity contribution in [3.63, 3.8) is 0 Å². The Labute approximate surface area is 123 Å². The lowest BCUT2D eigenvalue weighted by Crippen LogP contribution is -2.30. The van der Waals surface area contributed by atoms with Crippen LogP contribution in [0.4, 0.5) is 0 Å². The van der Waals surface area contributed by atoms with Crippen molar-refractivity contribution in [2.75, 3.05) is 0 Å². The first-order chi connectivity index (χ1) is 10.2. The number of carbonyl (C=O) groups is 1. The molecule has 0 saturated heterocycles. The van der Waals surface area contributed by atoms with Crippen molar-refractivity contribution in [2.45, 2.75) is 17.9 Å². The fraction of sp³-hybridized carbons (Fsp3) is 0.154. The van der Waals surface area contributed by atoms with E-state index in [2.05, 4.69) is 15.6 Å². The molecule has 0 radical (unpaired) electrons. The maximum atomic E-state index is 12.0. The van der Waals surface area contributed by atoms with Gasteiger partial charge in [-0.25, -0.2) is 5.84 Å². The fourth-order valence-electron chi connectivity index (χ4n) is 1.98. The number of hydrogen-bond acceptors (Lipinski definition) is 7. The highest BCUT2D eigenvalue weighted by atomic mass is 32.2. The standard InChI is InChI=1S/C13H12N4O3S/c1-7-16-17-13(19-7)21-6-10-11(12(18)15-14)8-4-2-3-5-9(8)20-10/h2-5H,6,14H2,1H3,(H,15,18). The molecule has 1 amide bonds. The second kappa shape index (κ2) is 5.58. The number of para-hydroxylation sites is 1. The molecule has 0 aliphatic rings. The van der Waals surface area contributed by atoms with Crippen LogP contribution in [0.1, 0.15) is 22.0 Å². The summed E-state index contributed by atoms with van der Waals surface area (Å²) in [5.74, 6) is 6.24. The van der Waals surface area contributed by atoms with Crippen molar-refractivity contribution in [3.05, 3.63) is 41.5 Å². The van der Waals surface area contributed by atoms with Gasteiger partial charge in [0, 0.05) is 12.3 Å². The zero-order valence-electron chi connectivity index (χ0n) is 11.1. The summed E-state index contributed by atoms with van der Waals surface area (Å²) in [5, 5.41) is 8.78. The van der Waals surface area contributed by atoms with Crippen molar-refractivity contribution in [1.82, 2.24) is 15.6 Å². The Morgan fingerprint density at radius 1 is 1.33 bits per heavy atom. The minimum atomic E-state index is -0.391. The van der Waals surface area contributed by atoms with Gasteiger partial charge in [0.25, 0.3) is 11.1 Å². The molecule has 3 rings (SSSR count). The summed E-state index contributed by atoms with van der Waals surface area (Å²) in [6.07, 6.45) is 0. The first-order valence-electron chi connectivity index (χ1n) is 6.13. The van der Waals surface area contributed by atoms with Gasteiger partial charge in [0.05, 0.1) is 11.3 Å². The lowest BCUT2D eigenvalue weighted by atomic mass is 10.1. The van der Waals surface area contributed by atoms with Gasteiger partial charge in [0.15, 0.2) is 0 Å². The minimum Gasteiger partial charge on any atom is -0.459 e. The van der Waals surface area contributed by atoms with E-state index in [1.54, 1.807) is 13.0 Å². The maximum absolute atomic E-state index is 12.0. The maximum Gasteiger partial charge on any atom is 0.277 e. The van der Waals surface area contributed by atoms with Crippen molar-refractivity contribution in [1.29, 1.82) is 0 Å². The second-order valence-corrected chi connectivity index (χ2v) is 5.17. The van der Waals surface area contributed by atoms with Gasteiger partial charge in [-0.1, -0.05) is 30.0 Å². The number of nitrogen functional groups attached to an aromatic ring is 1. The Hall–Kier alpha value is -2.32. The molecule has 0 spiro atoms. The van der Waals surface area contributed by atoms with Gasteiger partial charge < -0.3 is 8.83 Å². The van der Waals surface area contributed by atoms with Crippen LogP contribution in [0.25, 0.3) is 11.0 Å². The van der Waals surface area contributed by atoms with E-state index in [1.807, 2.05) is 18.2 Å². The number of nitrogens with one attached hydrogen (secondary N) is 1. The average molecular weight is 304 g/mol. The number of furan rings is 1. The molecule has 2 aromatic heterocycles. The number of fused-ring (bicyclic) bond motifs is 1. The van der Waals surface area contributed by atoms with Crippen LogP contribution < -0.4 is 11.3 Å². The zero-order chi connectivity index (χ0) is 14.8. The lowest BCUT2D eigenvalue weighted by Gasteiger charge is -2.00. The summed E-state index contributed by atoms with van der Waals surface area (Å²) in [7, 11) is 0. The van der Waals surface area contributed by atoms with Crippen LogP contribution in [0.5, 0.6) is 0 Å². The van der Waals surface area contributed by atoms with E-state index in [-0.39, 0.29) is 0 Å². The zero-order valence-corrected chi connectivity index (χ0v) is 11.9. The van der Waals surface area contributed by atoms with Gasteiger partial charge in [-0.3, -0.25) is 10.2 Å². The molecule has 1 aromatic carbocycles. The van der Waals surface area contributed by atoms with Gasteiger partial charge in [-0.15, -0.1) is 10.2 Å². The number of amides is 1. The number of nitrogens with two attached hydrogens (primary N) is 1. The molecule has 0 bridgehead atoms. The summed E-state index contributed by atoms with van der Waals surface area (Å²) in [6.45, 7) is 1.71. The van der Waals surface area contributed by atoms with E-state index in [0.717, 1.165) is 5.39 Å². The van der Waals surface area contributed by atoms with E-state index in [9.17, 15) is 4.79 Å². The second-order valence-electron chi connectivity index (χ2n) is 4.25. The molecule has 0 aliphatic carbocycles. The molecule has 0 unspecified atom stereocenters. The molecule has 0 fully saturated rings. The normalized spacial score (nSPS) is 11.0. The summed E-state index contributed by atoms with van der Waals surface area (Å²) in [6, 6.07) is 7.29. The summed E-state index contributed by atoms with van der Waals surface area (Å²) in [5.41, 5.74) is 3.20. The van der Waals surface area contributed by atoms with Crippen molar-refractivity contribution in [3.8, 4) is 0 Å². The molecule has 3 aromatic rings. The van der Waals surface area contributed by atoms with Crippen LogP contribution in [0.2, 0.25) is 0 Å². The third-order valence-electron chi connectivity index (χ3n) is 2.86. The SMILES string of the molecule is Cc1nnc(SCc2oc3ccccc3c2C(=O)NN)o1. The highest BCUT2D eigenvalue weighted by molar-refractivity contribution is 7.98. The predicted molar refractivity (Wildman–Crippen MR) is 76.5 cm³/mol. The van der Waals surface area contributed by atoms with Gasteiger partial charge >= 0.3 is 0 Å². The third-order valence-corrected chi connectivity index (χ3v) is 3.68. The first-order valence-corrected chi connectivity index (χ1v) is 7.12. The Bertz CT molecular complexity index is 796. The number of benzene rings is 1. The van der Waals surface area contributed by atoms with Crippen LogP contribution in [-0.2, 0) is 5.75 Å². The third kappa shape index (κ3) is 2.63. The van der Waals surface area contributed by atoms with Crippen LogP contribution in [0, 0.1) is 6.92 Å². The van der Waals surface area contributed by atoms with Gasteiger partial charge in [-0.2, -0.15) is 0 Å². The summed E-state index contributed by atoms with van der Waals surface area (Å²) >= 11 is 1.30. The Balaban J connectivity index is 1.95. The van der Waals surface area contributed by atoms with E-state index in [4.69, 9.17) is 14.7 Å². The van der Waals surface area contributed by atoms with Crippen LogP contribution in [-0.4, -0.2) is 16.1 Å². The number of nitrogens with zero attached hydrogens (tertiary/aromatic N) is 2. The molecule has 8 heteroatoms. The number of rotatable bonds is 4. The summed E-state index contributed by atoms with van der Waals surface area (Å²) < 4.78 is 11.0. The number of aromatic nitrogens is 2. The molecule has 0 aliphatic heterocycles. The number of hydrazine groups is 1. The van der Waals surface area contributed by atoms with Crippen LogP contribution in [0.3, 0.4) is 0 Å². The van der Waals surface area contributed by atoms with Crippen LogP contribution >= 0.6 is 11.8 Å². The first kappa shape index (κ1) is 13.7. The van der Waals surface area contributed by atoms with E-state index in [1.165, 1.54) is 11.8 Å². The van der Waals surface area contributed by atoms with E-state index in [0.29, 0.717) is 33.8 Å². The molecular formula is C13H12N4O3S. The largest absolute Gasteiger partial charge is 0.459 e. The number of thioether (sulfide) groups is 1. The van der Waals surface area contributed by atoms with E-state index < -0.39 is 5.91 Å². The molecule has 0 atom stereocenters. The Kier molecular flexibility index (Phi) is 3.63. The van der Waals surface area contributed by atoms with Crippen molar-refractivity contribution < 1.29 is 13.6 Å². The van der Waals surface area contributed by atoms with E-state index >= 15 is 0 Å². The average Bonchev–Trinajstić information content (AvgIpc) is 3.07. The summed E-state index contributed by atoms with van der Waals surface area (Å²) in [4.78, 5) is 12.0. The van der Waals surface area contributed by atoms with Gasteiger partial charge in [0.1, 0.15) is 11.3 Å². The highest BCUT2D eigenvalue weighted by Crippen LogP contribution is 2.30. The van der Waals surface area contributed by atoms with Crippen molar-refractivity contribution in [2.24, 2.45) is 5.84 Å². The lowest BCUT2D eigenvalue weighted by molar-refractivity contribution is 0.0953. The molecule has 2 heterocycles. The topological polar surface area (TPSA) is 107 Å². The molecule has 0 saturated carbocycles. The number of hydrogen-bond donors (Lipinski definition) is 2. The number of carbonyl (C=O) groups excluding carboxylic acids is 1. The predicted octanol–water partition coefficient (Wildman–Crippen LogP) is 2.02. The fourth-order valence-corrected chi connectivity index (χ4v) is 2.72. The molecule has 3 N–H and O–H groups in total. The number of aryl methyl sites for hydroxylation is 1. The minimum absolute atomic E-state index is 0.388. The quantitative estimate of drug-likeness (QED) is 0.328. The van der Waals surface area contributed by atoms with Crippen LogP contribution in [0.15, 0.2) is 38.3 Å².